The third kappa shape index (κ3) is 4.93. The smallest absolute Gasteiger partial charge is 0.138 e. The third-order valence-electron chi connectivity index (χ3n) is 11.9. The van der Waals surface area contributed by atoms with Crippen LogP contribution in [0, 0.1) is 0 Å². The fourth-order valence-electron chi connectivity index (χ4n) is 9.43. The zero-order valence-corrected chi connectivity index (χ0v) is 33.2. The van der Waals surface area contributed by atoms with Crippen LogP contribution in [-0.2, 0) is 0 Å². The quantitative estimate of drug-likeness (QED) is 0.173. The minimum atomic E-state index is 0.881. The fraction of sp³-hybridized carbons (Fsp3) is 0. The van der Waals surface area contributed by atoms with E-state index in [9.17, 15) is 0 Å². The van der Waals surface area contributed by atoms with Gasteiger partial charge in [-0.05, 0) is 90.5 Å². The molecule has 13 aromatic rings. The van der Waals surface area contributed by atoms with Crippen LogP contribution in [0.3, 0.4) is 0 Å². The molecule has 59 heavy (non-hydrogen) atoms. The van der Waals surface area contributed by atoms with E-state index in [4.69, 9.17) is 4.42 Å². The molecule has 0 atom stereocenters. The van der Waals surface area contributed by atoms with Crippen molar-refractivity contribution in [3.8, 4) is 16.8 Å². The van der Waals surface area contributed by atoms with Crippen LogP contribution in [0.4, 0.5) is 17.1 Å². The first-order valence-electron chi connectivity index (χ1n) is 19.9. The number of hydrogen-bond acceptors (Lipinski definition) is 4. The maximum atomic E-state index is 6.77. The van der Waals surface area contributed by atoms with Crippen molar-refractivity contribution in [3.05, 3.63) is 194 Å². The average Bonchev–Trinajstić information content (AvgIpc) is 4.05. The largest absolute Gasteiger partial charge is 0.456 e. The Balaban J connectivity index is 1.09. The van der Waals surface area contributed by atoms with Gasteiger partial charge in [0, 0.05) is 96.3 Å². The average molecular weight is 789 g/mol. The standard InChI is InChI=1S/C54H32N2OS2/c1-2-13-34(14-3-1)55(37-26-28-51-43(31-37)39-18-7-11-24-49(39)59-51)35-15-12-16-36(30-35)56-44-21-8-4-19-40(44)53-45(56)32-47-54(41-20-5-9-22-46(41)57-47)52(53)33-25-27-50-42(29-33)38-17-6-10-23-48(38)58-50/h1-32H. The summed E-state index contributed by atoms with van der Waals surface area (Å²) in [4.78, 5) is 2.38. The van der Waals surface area contributed by atoms with E-state index in [1.165, 1.54) is 62.2 Å². The number of benzene rings is 9. The van der Waals surface area contributed by atoms with Crippen molar-refractivity contribution in [2.45, 2.75) is 0 Å². The molecule has 5 heteroatoms. The van der Waals surface area contributed by atoms with Gasteiger partial charge in [0.1, 0.15) is 11.2 Å². The number of fused-ring (bicyclic) bond motifs is 12. The van der Waals surface area contributed by atoms with Crippen LogP contribution in [0.2, 0.25) is 0 Å². The van der Waals surface area contributed by atoms with E-state index >= 15 is 0 Å². The van der Waals surface area contributed by atoms with Gasteiger partial charge in [-0.3, -0.25) is 0 Å². The van der Waals surface area contributed by atoms with E-state index in [0.717, 1.165) is 55.7 Å². The summed E-state index contributed by atoms with van der Waals surface area (Å²) < 4.78 is 14.4. The fourth-order valence-corrected chi connectivity index (χ4v) is 11.6. The Morgan fingerprint density at radius 2 is 0.983 bits per heavy atom. The van der Waals surface area contributed by atoms with Gasteiger partial charge < -0.3 is 13.9 Å². The summed E-state index contributed by atoms with van der Waals surface area (Å²) in [6, 6.07) is 70.7. The lowest BCUT2D eigenvalue weighted by atomic mass is 9.93. The lowest BCUT2D eigenvalue weighted by Crippen LogP contribution is -2.10. The summed E-state index contributed by atoms with van der Waals surface area (Å²) >= 11 is 3.71. The molecule has 9 aromatic carbocycles. The van der Waals surface area contributed by atoms with E-state index in [1.807, 2.05) is 22.7 Å². The SMILES string of the molecule is c1ccc(N(c2cccc(-n3c4ccccc4c4c(-c5ccc6sc7ccccc7c6c5)c5c(cc43)oc3ccccc35)c2)c2ccc3sc4ccccc4c3c2)cc1. The predicted octanol–water partition coefficient (Wildman–Crippen LogP) is 16.6. The van der Waals surface area contributed by atoms with Crippen molar-refractivity contribution in [2.75, 3.05) is 4.90 Å². The van der Waals surface area contributed by atoms with Crippen LogP contribution in [0.15, 0.2) is 199 Å². The number of para-hydroxylation sites is 3. The van der Waals surface area contributed by atoms with Gasteiger partial charge in [-0.15, -0.1) is 22.7 Å². The minimum absolute atomic E-state index is 0.881. The normalized spacial score (nSPS) is 12.1. The van der Waals surface area contributed by atoms with Crippen LogP contribution in [-0.4, -0.2) is 4.57 Å². The molecule has 0 spiro atoms. The first-order valence-corrected chi connectivity index (χ1v) is 21.5. The number of aromatic nitrogens is 1. The number of furan rings is 1. The van der Waals surface area contributed by atoms with Gasteiger partial charge in [-0.1, -0.05) is 103 Å². The molecular formula is C54H32N2OS2. The topological polar surface area (TPSA) is 21.3 Å². The monoisotopic (exact) mass is 788 g/mol. The third-order valence-corrected chi connectivity index (χ3v) is 14.2. The Morgan fingerprint density at radius 1 is 0.373 bits per heavy atom. The number of rotatable bonds is 5. The second-order valence-electron chi connectivity index (χ2n) is 15.2. The molecule has 3 nitrogen and oxygen atoms in total. The maximum absolute atomic E-state index is 6.77. The molecule has 0 N–H and O–H groups in total. The summed E-state index contributed by atoms with van der Waals surface area (Å²) in [6.45, 7) is 0. The lowest BCUT2D eigenvalue weighted by Gasteiger charge is -2.26. The molecule has 0 fully saturated rings. The molecule has 0 saturated heterocycles. The molecule has 4 aromatic heterocycles. The van der Waals surface area contributed by atoms with E-state index in [-0.39, 0.29) is 0 Å². The molecule has 0 aliphatic rings. The highest BCUT2D eigenvalue weighted by Crippen LogP contribution is 2.48. The van der Waals surface area contributed by atoms with Crippen LogP contribution >= 0.6 is 22.7 Å². The number of thiophene rings is 2. The molecule has 0 saturated carbocycles. The molecule has 0 bridgehead atoms. The van der Waals surface area contributed by atoms with Crippen LogP contribution in [0.5, 0.6) is 0 Å². The van der Waals surface area contributed by atoms with Crippen molar-refractivity contribution >= 4 is 124 Å². The first kappa shape index (κ1) is 32.9. The molecule has 13 rings (SSSR count). The second-order valence-corrected chi connectivity index (χ2v) is 17.4. The Hall–Kier alpha value is -7.18. The minimum Gasteiger partial charge on any atom is -0.456 e. The molecule has 0 amide bonds. The number of hydrogen-bond donors (Lipinski definition) is 0. The van der Waals surface area contributed by atoms with Gasteiger partial charge in [0.15, 0.2) is 0 Å². The zero-order valence-electron chi connectivity index (χ0n) is 31.6. The summed E-state index contributed by atoms with van der Waals surface area (Å²) in [6.07, 6.45) is 0. The molecule has 0 aliphatic heterocycles. The zero-order chi connectivity index (χ0) is 38.6. The van der Waals surface area contributed by atoms with E-state index < -0.39 is 0 Å². The van der Waals surface area contributed by atoms with Crippen molar-refractivity contribution in [1.29, 1.82) is 0 Å². The highest BCUT2D eigenvalue weighted by atomic mass is 32.1. The highest BCUT2D eigenvalue weighted by molar-refractivity contribution is 7.26. The molecule has 0 aliphatic carbocycles. The van der Waals surface area contributed by atoms with E-state index in [2.05, 4.69) is 204 Å². The van der Waals surface area contributed by atoms with Crippen LogP contribution in [0.25, 0.3) is 101 Å². The summed E-state index contributed by atoms with van der Waals surface area (Å²) in [5.41, 5.74) is 10.8. The number of anilines is 3. The maximum Gasteiger partial charge on any atom is 0.138 e. The Bertz CT molecular complexity index is 3810. The van der Waals surface area contributed by atoms with Gasteiger partial charge in [-0.25, -0.2) is 0 Å². The molecule has 0 unspecified atom stereocenters. The summed E-state index contributed by atoms with van der Waals surface area (Å²) in [7, 11) is 0. The van der Waals surface area contributed by atoms with Crippen molar-refractivity contribution in [1.82, 2.24) is 4.57 Å². The Labute approximate surface area is 346 Å². The Morgan fingerprint density at radius 3 is 1.78 bits per heavy atom. The predicted molar refractivity (Wildman–Crippen MR) is 254 cm³/mol. The second kappa shape index (κ2) is 12.7. The van der Waals surface area contributed by atoms with E-state index in [1.54, 1.807) is 0 Å². The van der Waals surface area contributed by atoms with Crippen molar-refractivity contribution in [3.63, 3.8) is 0 Å². The molecular weight excluding hydrogens is 757 g/mol. The van der Waals surface area contributed by atoms with Gasteiger partial charge in [0.05, 0.1) is 11.0 Å². The molecule has 276 valence electrons. The van der Waals surface area contributed by atoms with Gasteiger partial charge >= 0.3 is 0 Å². The first-order chi connectivity index (χ1) is 29.2. The highest BCUT2D eigenvalue weighted by Gasteiger charge is 2.24. The van der Waals surface area contributed by atoms with Crippen LogP contribution in [0.1, 0.15) is 0 Å². The number of nitrogens with zero attached hydrogens (tertiary/aromatic N) is 2. The molecule has 0 radical (unpaired) electrons. The van der Waals surface area contributed by atoms with Gasteiger partial charge in [0.25, 0.3) is 0 Å². The van der Waals surface area contributed by atoms with Crippen LogP contribution < -0.4 is 4.90 Å². The van der Waals surface area contributed by atoms with Crippen molar-refractivity contribution < 1.29 is 4.42 Å². The lowest BCUT2D eigenvalue weighted by molar-refractivity contribution is 0.669. The van der Waals surface area contributed by atoms with Crippen molar-refractivity contribution in [2.24, 2.45) is 0 Å². The molecule has 4 heterocycles. The Kier molecular flexibility index (Phi) is 7.05. The summed E-state index contributed by atoms with van der Waals surface area (Å²) in [5.74, 6) is 0. The van der Waals surface area contributed by atoms with Gasteiger partial charge in [-0.2, -0.15) is 0 Å². The van der Waals surface area contributed by atoms with Gasteiger partial charge in [0.2, 0.25) is 0 Å². The van der Waals surface area contributed by atoms with E-state index in [0.29, 0.717) is 0 Å². The summed E-state index contributed by atoms with van der Waals surface area (Å²) in [5, 5.41) is 9.85.